The molecule has 0 atom stereocenters. The summed E-state index contributed by atoms with van der Waals surface area (Å²) in [6, 6.07) is 7.35. The third-order valence-corrected chi connectivity index (χ3v) is 4.99. The summed E-state index contributed by atoms with van der Waals surface area (Å²) >= 11 is 7.58. The summed E-state index contributed by atoms with van der Waals surface area (Å²) < 4.78 is 0. The Kier molecular flexibility index (Phi) is 7.16. The quantitative estimate of drug-likeness (QED) is 0.558. The minimum absolute atomic E-state index is 0.143. The monoisotopic (exact) mass is 377 g/mol. The first-order valence-electron chi connectivity index (χ1n) is 7.88. The van der Waals surface area contributed by atoms with E-state index < -0.39 is 0 Å². The number of nitrogens with zero attached hydrogens (tertiary/aromatic N) is 1. The lowest BCUT2D eigenvalue weighted by Crippen LogP contribution is -2.18. The van der Waals surface area contributed by atoms with Gasteiger partial charge in [-0.3, -0.25) is 9.59 Å². The van der Waals surface area contributed by atoms with Gasteiger partial charge in [0, 0.05) is 28.4 Å². The molecule has 0 unspecified atom stereocenters. The van der Waals surface area contributed by atoms with Crippen molar-refractivity contribution in [1.29, 1.82) is 0 Å². The smallest absolute Gasteiger partial charge is 0.240 e. The number of anilines is 1. The number of rotatable bonds is 7. The van der Waals surface area contributed by atoms with Gasteiger partial charge in [0.2, 0.25) is 11.8 Å². The van der Waals surface area contributed by atoms with Crippen molar-refractivity contribution in [2.24, 2.45) is 5.10 Å². The highest BCUT2D eigenvalue weighted by Gasteiger charge is 2.08. The average Bonchev–Trinajstić information content (AvgIpc) is 2.97. The van der Waals surface area contributed by atoms with Crippen LogP contribution < -0.4 is 10.7 Å². The molecular weight excluding hydrogens is 358 g/mol. The van der Waals surface area contributed by atoms with Gasteiger partial charge in [0.05, 0.1) is 6.21 Å². The van der Waals surface area contributed by atoms with Crippen molar-refractivity contribution >= 4 is 46.7 Å². The van der Waals surface area contributed by atoms with Gasteiger partial charge in [0.1, 0.15) is 0 Å². The number of hydrogen-bond acceptors (Lipinski definition) is 4. The Labute approximate surface area is 156 Å². The van der Waals surface area contributed by atoms with Crippen LogP contribution in [-0.2, 0) is 9.59 Å². The fraction of sp³-hybridized carbons (Fsp3) is 0.278. The summed E-state index contributed by atoms with van der Waals surface area (Å²) in [5, 5.41) is 9.32. The number of carbonyl (C=O) groups excluding carboxylic acids is 2. The third kappa shape index (κ3) is 5.99. The van der Waals surface area contributed by atoms with Gasteiger partial charge in [0.25, 0.3) is 0 Å². The molecule has 25 heavy (non-hydrogen) atoms. The maximum absolute atomic E-state index is 12.0. The van der Waals surface area contributed by atoms with Gasteiger partial charge in [-0.1, -0.05) is 17.7 Å². The summed E-state index contributed by atoms with van der Waals surface area (Å²) in [6.07, 6.45) is 2.58. The van der Waals surface area contributed by atoms with E-state index >= 15 is 0 Å². The Balaban J connectivity index is 1.70. The zero-order valence-corrected chi connectivity index (χ0v) is 15.7. The largest absolute Gasteiger partial charge is 0.326 e. The molecule has 2 aromatic rings. The molecule has 7 heteroatoms. The Morgan fingerprint density at radius 2 is 1.96 bits per heavy atom. The molecule has 0 radical (unpaired) electrons. The van der Waals surface area contributed by atoms with Crippen LogP contribution in [0.5, 0.6) is 0 Å². The topological polar surface area (TPSA) is 70.6 Å². The molecule has 132 valence electrons. The molecule has 2 rings (SSSR count). The Morgan fingerprint density at radius 3 is 2.68 bits per heavy atom. The molecule has 2 amide bonds. The van der Waals surface area contributed by atoms with Crippen LogP contribution in [-0.4, -0.2) is 18.0 Å². The Hall–Kier alpha value is -2.18. The highest BCUT2D eigenvalue weighted by atomic mass is 35.5. The van der Waals surface area contributed by atoms with Crippen molar-refractivity contribution in [1.82, 2.24) is 5.43 Å². The van der Waals surface area contributed by atoms with Crippen LogP contribution in [0.2, 0.25) is 5.02 Å². The molecule has 0 aliphatic heterocycles. The molecule has 0 aliphatic rings. The fourth-order valence-electron chi connectivity index (χ4n) is 2.10. The van der Waals surface area contributed by atoms with Gasteiger partial charge in [0.15, 0.2) is 0 Å². The number of benzene rings is 1. The van der Waals surface area contributed by atoms with Gasteiger partial charge >= 0.3 is 0 Å². The first-order valence-corrected chi connectivity index (χ1v) is 9.14. The Morgan fingerprint density at radius 1 is 1.20 bits per heavy atom. The predicted molar refractivity (Wildman–Crippen MR) is 103 cm³/mol. The molecule has 0 spiro atoms. The van der Waals surface area contributed by atoms with Crippen molar-refractivity contribution in [3.05, 3.63) is 50.7 Å². The summed E-state index contributed by atoms with van der Waals surface area (Å²) in [6.45, 7) is 3.83. The van der Waals surface area contributed by atoms with Crippen LogP contribution in [0.4, 0.5) is 5.69 Å². The average molecular weight is 378 g/mol. The SMILES string of the molecule is Cc1ccsc1/C=N\NC(=O)CCCC(=O)Nc1cccc(Cl)c1C. The van der Waals surface area contributed by atoms with E-state index in [-0.39, 0.29) is 24.7 Å². The summed E-state index contributed by atoms with van der Waals surface area (Å²) in [4.78, 5) is 24.7. The predicted octanol–water partition coefficient (Wildman–Crippen LogP) is 4.28. The molecule has 0 fully saturated rings. The van der Waals surface area contributed by atoms with E-state index in [1.165, 1.54) is 0 Å². The maximum atomic E-state index is 12.0. The normalized spacial score (nSPS) is 10.8. The molecule has 0 saturated carbocycles. The van der Waals surface area contributed by atoms with E-state index in [0.29, 0.717) is 17.1 Å². The van der Waals surface area contributed by atoms with Crippen LogP contribution in [0.3, 0.4) is 0 Å². The van der Waals surface area contributed by atoms with Gasteiger partial charge in [-0.25, -0.2) is 5.43 Å². The molecule has 0 bridgehead atoms. The molecule has 1 aromatic heterocycles. The van der Waals surface area contributed by atoms with Crippen LogP contribution in [0.1, 0.15) is 35.3 Å². The fourth-order valence-corrected chi connectivity index (χ4v) is 3.06. The number of hydrogen-bond donors (Lipinski definition) is 2. The zero-order chi connectivity index (χ0) is 18.2. The summed E-state index contributed by atoms with van der Waals surface area (Å²) in [5.74, 6) is -0.354. The molecule has 1 aromatic carbocycles. The number of carbonyl (C=O) groups is 2. The van der Waals surface area contributed by atoms with Crippen molar-refractivity contribution in [3.63, 3.8) is 0 Å². The van der Waals surface area contributed by atoms with Crippen molar-refractivity contribution in [2.75, 3.05) is 5.32 Å². The first kappa shape index (κ1) is 19.1. The van der Waals surface area contributed by atoms with Crippen LogP contribution >= 0.6 is 22.9 Å². The molecular formula is C18H20ClN3O2S. The zero-order valence-electron chi connectivity index (χ0n) is 14.1. The molecule has 2 N–H and O–H groups in total. The van der Waals surface area contributed by atoms with Crippen LogP contribution in [0.15, 0.2) is 34.7 Å². The summed E-state index contributed by atoms with van der Waals surface area (Å²) in [5.41, 5.74) is 5.12. The van der Waals surface area contributed by atoms with E-state index in [1.54, 1.807) is 35.8 Å². The third-order valence-electron chi connectivity index (χ3n) is 3.62. The van der Waals surface area contributed by atoms with E-state index in [4.69, 9.17) is 11.6 Å². The second-order valence-corrected chi connectivity index (χ2v) is 6.93. The minimum atomic E-state index is -0.211. The maximum Gasteiger partial charge on any atom is 0.240 e. The van der Waals surface area contributed by atoms with Crippen LogP contribution in [0, 0.1) is 13.8 Å². The lowest BCUT2D eigenvalue weighted by molar-refractivity contribution is -0.121. The highest BCUT2D eigenvalue weighted by Crippen LogP contribution is 2.23. The lowest BCUT2D eigenvalue weighted by Gasteiger charge is -2.09. The number of halogens is 1. The molecule has 0 aliphatic carbocycles. The minimum Gasteiger partial charge on any atom is -0.326 e. The van der Waals surface area contributed by atoms with E-state index in [1.807, 2.05) is 25.3 Å². The number of hydrazone groups is 1. The first-order chi connectivity index (χ1) is 12.0. The number of amides is 2. The number of thiophene rings is 1. The second-order valence-electron chi connectivity index (χ2n) is 5.58. The highest BCUT2D eigenvalue weighted by molar-refractivity contribution is 7.11. The van der Waals surface area contributed by atoms with Crippen molar-refractivity contribution in [2.45, 2.75) is 33.1 Å². The van der Waals surface area contributed by atoms with Gasteiger partial charge in [-0.15, -0.1) is 11.3 Å². The standard InChI is InChI=1S/C18H20ClN3O2S/c1-12-9-10-25-16(12)11-20-22-18(24)8-4-7-17(23)21-15-6-3-5-14(19)13(15)2/h3,5-6,9-11H,4,7-8H2,1-2H3,(H,21,23)(H,22,24)/b20-11-. The Bertz CT molecular complexity index is 786. The molecule has 0 saturated heterocycles. The molecule has 5 nitrogen and oxygen atoms in total. The lowest BCUT2D eigenvalue weighted by atomic mass is 10.2. The van der Waals surface area contributed by atoms with Crippen molar-refractivity contribution in [3.8, 4) is 0 Å². The van der Waals surface area contributed by atoms with Crippen LogP contribution in [0.25, 0.3) is 0 Å². The number of nitrogens with one attached hydrogen (secondary N) is 2. The van der Waals surface area contributed by atoms with E-state index in [0.717, 1.165) is 16.0 Å². The number of aryl methyl sites for hydroxylation is 1. The van der Waals surface area contributed by atoms with Gasteiger partial charge in [-0.05, 0) is 55.0 Å². The summed E-state index contributed by atoms with van der Waals surface area (Å²) in [7, 11) is 0. The van der Waals surface area contributed by atoms with Gasteiger partial charge in [-0.2, -0.15) is 5.10 Å². The second kappa shape index (κ2) is 9.34. The van der Waals surface area contributed by atoms with E-state index in [2.05, 4.69) is 15.8 Å². The van der Waals surface area contributed by atoms with E-state index in [9.17, 15) is 9.59 Å². The van der Waals surface area contributed by atoms with Crippen molar-refractivity contribution < 1.29 is 9.59 Å². The molecule has 1 heterocycles. The van der Waals surface area contributed by atoms with Gasteiger partial charge < -0.3 is 5.32 Å².